The standard InChI is InChI=1S/C22H30N4O2/c1-3-9-26-10-8-21(19-15-23(2)16-20(19)22(26)28)25-13-11-24(12-14-25)17-4-6-18(27)7-5-17/h4-7,15-16,21,27H,3,8-14H2,1-2H3. The number of phenols is 1. The number of hydrogen-bond acceptors (Lipinski definition) is 4. The second-order valence-corrected chi connectivity index (χ2v) is 7.93. The maximum absolute atomic E-state index is 13.0. The van der Waals surface area contributed by atoms with Crippen molar-refractivity contribution in [2.24, 2.45) is 7.05 Å². The van der Waals surface area contributed by atoms with E-state index in [1.165, 1.54) is 5.56 Å². The fourth-order valence-electron chi connectivity index (χ4n) is 4.57. The maximum atomic E-state index is 13.0. The molecule has 1 fully saturated rings. The van der Waals surface area contributed by atoms with Crippen molar-refractivity contribution in [3.05, 3.63) is 47.8 Å². The molecule has 1 atom stereocenters. The molecule has 1 aromatic carbocycles. The number of aryl methyl sites for hydroxylation is 1. The van der Waals surface area contributed by atoms with Crippen molar-refractivity contribution in [1.82, 2.24) is 14.4 Å². The lowest BCUT2D eigenvalue weighted by Crippen LogP contribution is -2.48. The van der Waals surface area contributed by atoms with Crippen molar-refractivity contribution in [2.75, 3.05) is 44.2 Å². The van der Waals surface area contributed by atoms with Gasteiger partial charge in [-0.15, -0.1) is 0 Å². The summed E-state index contributed by atoms with van der Waals surface area (Å²) in [6.45, 7) is 7.64. The number of carbonyl (C=O) groups is 1. The number of anilines is 1. The molecule has 0 aliphatic carbocycles. The third kappa shape index (κ3) is 3.61. The highest BCUT2D eigenvalue weighted by atomic mass is 16.3. The van der Waals surface area contributed by atoms with E-state index in [0.29, 0.717) is 11.8 Å². The minimum Gasteiger partial charge on any atom is -0.508 e. The van der Waals surface area contributed by atoms with Crippen LogP contribution in [0.1, 0.15) is 41.7 Å². The van der Waals surface area contributed by atoms with Gasteiger partial charge in [-0.2, -0.15) is 0 Å². The molecule has 0 spiro atoms. The smallest absolute Gasteiger partial charge is 0.255 e. The molecule has 1 unspecified atom stereocenters. The average Bonchev–Trinajstić information content (AvgIpc) is 3.04. The molecule has 6 nitrogen and oxygen atoms in total. The highest BCUT2D eigenvalue weighted by molar-refractivity contribution is 5.96. The Kier molecular flexibility index (Phi) is 5.31. The summed E-state index contributed by atoms with van der Waals surface area (Å²) < 4.78 is 2.03. The predicted molar refractivity (Wildman–Crippen MR) is 111 cm³/mol. The van der Waals surface area contributed by atoms with Gasteiger partial charge >= 0.3 is 0 Å². The molecule has 4 rings (SSSR count). The van der Waals surface area contributed by atoms with Gasteiger partial charge in [0.2, 0.25) is 0 Å². The summed E-state index contributed by atoms with van der Waals surface area (Å²) in [7, 11) is 2.01. The van der Waals surface area contributed by atoms with Gasteiger partial charge in [-0.1, -0.05) is 6.92 Å². The van der Waals surface area contributed by atoms with Crippen molar-refractivity contribution in [1.29, 1.82) is 0 Å². The van der Waals surface area contributed by atoms with Crippen LogP contribution in [0.4, 0.5) is 5.69 Å². The molecule has 3 heterocycles. The van der Waals surface area contributed by atoms with Crippen LogP contribution in [0.3, 0.4) is 0 Å². The minimum atomic E-state index is 0.183. The monoisotopic (exact) mass is 382 g/mol. The summed E-state index contributed by atoms with van der Waals surface area (Å²) in [4.78, 5) is 19.9. The van der Waals surface area contributed by atoms with E-state index in [2.05, 4.69) is 22.9 Å². The van der Waals surface area contributed by atoms with E-state index in [1.807, 2.05) is 34.8 Å². The Morgan fingerprint density at radius 3 is 2.43 bits per heavy atom. The SMILES string of the molecule is CCCN1CCC(N2CCN(c3ccc(O)cc3)CC2)c2cn(C)cc2C1=O. The van der Waals surface area contributed by atoms with Gasteiger partial charge < -0.3 is 19.5 Å². The molecular formula is C22H30N4O2. The summed E-state index contributed by atoms with van der Waals surface area (Å²) in [6, 6.07) is 7.75. The number of nitrogens with zero attached hydrogens (tertiary/aromatic N) is 4. The van der Waals surface area contributed by atoms with Crippen LogP contribution < -0.4 is 4.90 Å². The first-order chi connectivity index (χ1) is 13.6. The van der Waals surface area contributed by atoms with Crippen molar-refractivity contribution in [3.63, 3.8) is 0 Å². The quantitative estimate of drug-likeness (QED) is 0.884. The topological polar surface area (TPSA) is 52.0 Å². The Labute approximate surface area is 167 Å². The number of rotatable bonds is 4. The molecule has 2 aliphatic heterocycles. The van der Waals surface area contributed by atoms with Crippen molar-refractivity contribution >= 4 is 11.6 Å². The lowest BCUT2D eigenvalue weighted by atomic mass is 10.0. The van der Waals surface area contributed by atoms with E-state index < -0.39 is 0 Å². The average molecular weight is 383 g/mol. The van der Waals surface area contributed by atoms with Crippen LogP contribution in [0.25, 0.3) is 0 Å². The number of amides is 1. The number of benzene rings is 1. The highest BCUT2D eigenvalue weighted by Gasteiger charge is 2.33. The first-order valence-electron chi connectivity index (χ1n) is 10.3. The summed E-state index contributed by atoms with van der Waals surface area (Å²) in [5.74, 6) is 0.487. The molecule has 0 radical (unpaired) electrons. The number of aromatic nitrogens is 1. The summed E-state index contributed by atoms with van der Waals surface area (Å²) >= 11 is 0. The van der Waals surface area contributed by atoms with Gasteiger partial charge in [-0.05, 0) is 42.7 Å². The van der Waals surface area contributed by atoms with Crippen LogP contribution in [-0.2, 0) is 7.05 Å². The zero-order valence-electron chi connectivity index (χ0n) is 16.8. The Bertz CT molecular complexity index is 822. The van der Waals surface area contributed by atoms with Gasteiger partial charge in [0.05, 0.1) is 5.56 Å². The van der Waals surface area contributed by atoms with Crippen molar-refractivity contribution < 1.29 is 9.90 Å². The van der Waals surface area contributed by atoms with Crippen LogP contribution in [0.15, 0.2) is 36.7 Å². The van der Waals surface area contributed by atoms with Crippen molar-refractivity contribution in [2.45, 2.75) is 25.8 Å². The van der Waals surface area contributed by atoms with Crippen molar-refractivity contribution in [3.8, 4) is 5.75 Å². The fraction of sp³-hybridized carbons (Fsp3) is 0.500. The highest BCUT2D eigenvalue weighted by Crippen LogP contribution is 2.33. The fourth-order valence-corrected chi connectivity index (χ4v) is 4.57. The number of aromatic hydroxyl groups is 1. The number of fused-ring (bicyclic) bond motifs is 1. The Morgan fingerprint density at radius 2 is 1.75 bits per heavy atom. The van der Waals surface area contributed by atoms with E-state index >= 15 is 0 Å². The maximum Gasteiger partial charge on any atom is 0.255 e. The summed E-state index contributed by atoms with van der Waals surface area (Å²) in [5.41, 5.74) is 3.21. The van der Waals surface area contributed by atoms with Gasteiger partial charge in [-0.25, -0.2) is 0 Å². The Morgan fingerprint density at radius 1 is 1.04 bits per heavy atom. The normalized spacial score (nSPS) is 20.9. The van der Waals surface area contributed by atoms with Gasteiger partial charge in [0.15, 0.2) is 0 Å². The second kappa shape index (κ2) is 7.87. The van der Waals surface area contributed by atoms with Gasteiger partial charge in [0, 0.05) is 70.4 Å². The lowest BCUT2D eigenvalue weighted by molar-refractivity contribution is 0.0751. The van der Waals surface area contributed by atoms with Crippen LogP contribution in [0, 0.1) is 0 Å². The van der Waals surface area contributed by atoms with Gasteiger partial charge in [0.25, 0.3) is 5.91 Å². The first-order valence-corrected chi connectivity index (χ1v) is 10.3. The number of carbonyl (C=O) groups excluding carboxylic acids is 1. The zero-order valence-corrected chi connectivity index (χ0v) is 16.8. The predicted octanol–water partition coefficient (Wildman–Crippen LogP) is 2.85. The molecule has 0 bridgehead atoms. The van der Waals surface area contributed by atoms with E-state index in [0.717, 1.165) is 63.4 Å². The number of phenolic OH excluding ortho intramolecular Hbond substituents is 1. The van der Waals surface area contributed by atoms with Gasteiger partial charge in [0.1, 0.15) is 5.75 Å². The van der Waals surface area contributed by atoms with E-state index in [1.54, 1.807) is 12.1 Å². The van der Waals surface area contributed by atoms with Crippen LogP contribution in [0.5, 0.6) is 5.75 Å². The Balaban J connectivity index is 1.50. The molecule has 28 heavy (non-hydrogen) atoms. The molecule has 0 saturated carbocycles. The molecule has 1 saturated heterocycles. The molecule has 1 amide bonds. The van der Waals surface area contributed by atoms with Crippen LogP contribution in [-0.4, -0.2) is 64.6 Å². The molecule has 1 aromatic heterocycles. The number of hydrogen-bond donors (Lipinski definition) is 1. The lowest BCUT2D eigenvalue weighted by Gasteiger charge is -2.40. The molecular weight excluding hydrogens is 352 g/mol. The third-order valence-corrected chi connectivity index (χ3v) is 6.00. The molecule has 2 aliphatic rings. The molecule has 1 N–H and O–H groups in total. The number of piperazine rings is 1. The molecule has 6 heteroatoms. The minimum absolute atomic E-state index is 0.183. The second-order valence-electron chi connectivity index (χ2n) is 7.93. The Hall–Kier alpha value is -2.47. The van der Waals surface area contributed by atoms with Gasteiger partial charge in [-0.3, -0.25) is 9.69 Å². The van der Waals surface area contributed by atoms with Crippen LogP contribution >= 0.6 is 0 Å². The molecule has 2 aromatic rings. The van der Waals surface area contributed by atoms with Crippen LogP contribution in [0.2, 0.25) is 0 Å². The third-order valence-electron chi connectivity index (χ3n) is 6.00. The van der Waals surface area contributed by atoms with E-state index in [-0.39, 0.29) is 5.91 Å². The van der Waals surface area contributed by atoms with E-state index in [9.17, 15) is 9.90 Å². The largest absolute Gasteiger partial charge is 0.508 e. The molecule has 150 valence electrons. The zero-order chi connectivity index (χ0) is 19.7. The summed E-state index contributed by atoms with van der Waals surface area (Å²) in [5, 5.41) is 9.51. The van der Waals surface area contributed by atoms with E-state index in [4.69, 9.17) is 0 Å². The summed E-state index contributed by atoms with van der Waals surface area (Å²) in [6.07, 6.45) is 6.11. The first kappa shape index (κ1) is 18.9.